The minimum absolute atomic E-state index is 0.0390. The fourth-order valence-electron chi connectivity index (χ4n) is 1.63. The summed E-state index contributed by atoms with van der Waals surface area (Å²) in [6.45, 7) is 0. The van der Waals surface area contributed by atoms with Crippen molar-refractivity contribution in [2.24, 2.45) is 7.05 Å². The highest BCUT2D eigenvalue weighted by Gasteiger charge is 2.37. The molecular weight excluding hydrogens is 332 g/mol. The number of nitrogen functional groups attached to an aromatic ring is 1. The molecule has 0 fully saturated rings. The quantitative estimate of drug-likeness (QED) is 0.867. The van der Waals surface area contributed by atoms with Gasteiger partial charge in [-0.15, -0.1) is 0 Å². The van der Waals surface area contributed by atoms with E-state index in [1.807, 2.05) is 0 Å². The first-order valence-corrected chi connectivity index (χ1v) is 6.13. The predicted molar refractivity (Wildman–Crippen MR) is 72.1 cm³/mol. The molecule has 0 saturated heterocycles. The lowest BCUT2D eigenvalue weighted by Gasteiger charge is -2.14. The summed E-state index contributed by atoms with van der Waals surface area (Å²) in [5, 5.41) is 0.156. The largest absolute Gasteiger partial charge is 0.435 e. The molecule has 0 saturated carbocycles. The molecule has 2 rings (SSSR count). The molecule has 0 radical (unpaired) electrons. The van der Waals surface area contributed by atoms with E-state index >= 15 is 0 Å². The molecule has 2 N–H and O–H groups in total. The van der Waals surface area contributed by atoms with Crippen LogP contribution < -0.4 is 11.3 Å². The minimum atomic E-state index is -4.87. The molecular formula is C11H7Cl2F3N4O. The number of nitrogens with zero attached hydrogens (tertiary/aromatic N) is 3. The van der Waals surface area contributed by atoms with Crippen LogP contribution in [0, 0.1) is 0 Å². The van der Waals surface area contributed by atoms with Crippen LogP contribution in [0.25, 0.3) is 11.5 Å². The highest BCUT2D eigenvalue weighted by Crippen LogP contribution is 2.33. The van der Waals surface area contributed by atoms with E-state index < -0.39 is 23.1 Å². The summed E-state index contributed by atoms with van der Waals surface area (Å²) in [5.41, 5.74) is 1.58. The van der Waals surface area contributed by atoms with E-state index in [1.165, 1.54) is 19.3 Å². The second kappa shape index (κ2) is 5.19. The van der Waals surface area contributed by atoms with Gasteiger partial charge in [-0.05, 0) is 6.07 Å². The molecule has 5 nitrogen and oxygen atoms in total. The van der Waals surface area contributed by atoms with E-state index in [2.05, 4.69) is 9.97 Å². The van der Waals surface area contributed by atoms with Crippen LogP contribution in [-0.2, 0) is 13.2 Å². The van der Waals surface area contributed by atoms with Crippen LogP contribution >= 0.6 is 23.2 Å². The molecule has 0 bridgehead atoms. The Hall–Kier alpha value is -1.80. The smallest absolute Gasteiger partial charge is 0.392 e. The number of hydrogen-bond acceptors (Lipinski definition) is 4. The molecule has 2 aromatic rings. The van der Waals surface area contributed by atoms with Gasteiger partial charge < -0.3 is 5.73 Å². The van der Waals surface area contributed by atoms with Crippen molar-refractivity contribution < 1.29 is 13.2 Å². The average molecular weight is 339 g/mol. The molecule has 10 heteroatoms. The van der Waals surface area contributed by atoms with Crippen molar-refractivity contribution in [1.82, 2.24) is 14.5 Å². The SMILES string of the molecule is Cn1c(-c2ncc(Cl)cc2Cl)nc(C(F)(F)F)c(N)c1=O. The average Bonchev–Trinajstić information content (AvgIpc) is 2.36. The molecule has 0 unspecified atom stereocenters. The molecule has 0 amide bonds. The van der Waals surface area contributed by atoms with Crippen LogP contribution in [0.5, 0.6) is 0 Å². The number of halogens is 5. The highest BCUT2D eigenvalue weighted by atomic mass is 35.5. The van der Waals surface area contributed by atoms with Crippen LogP contribution in [0.1, 0.15) is 5.69 Å². The summed E-state index contributed by atoms with van der Waals surface area (Å²) in [6, 6.07) is 1.28. The third-order valence-electron chi connectivity index (χ3n) is 2.61. The molecule has 0 aromatic carbocycles. The molecule has 2 heterocycles. The number of hydrogen-bond donors (Lipinski definition) is 1. The Kier molecular flexibility index (Phi) is 3.85. The second-order valence-corrected chi connectivity index (χ2v) is 4.89. The summed E-state index contributed by atoms with van der Waals surface area (Å²) in [7, 11) is 1.22. The third-order valence-corrected chi connectivity index (χ3v) is 3.11. The van der Waals surface area contributed by atoms with Crippen LogP contribution in [0.2, 0.25) is 10.0 Å². The number of nitrogens with two attached hydrogens (primary N) is 1. The van der Waals surface area contributed by atoms with Crippen LogP contribution in [0.3, 0.4) is 0 Å². The Bertz CT molecular complexity index is 773. The molecule has 0 atom stereocenters. The third kappa shape index (κ3) is 2.81. The number of rotatable bonds is 1. The van der Waals surface area contributed by atoms with Gasteiger partial charge in [-0.2, -0.15) is 13.2 Å². The second-order valence-electron chi connectivity index (χ2n) is 4.04. The number of alkyl halides is 3. The van der Waals surface area contributed by atoms with Gasteiger partial charge in [-0.25, -0.2) is 9.97 Å². The van der Waals surface area contributed by atoms with Gasteiger partial charge in [0.2, 0.25) is 0 Å². The molecule has 0 aliphatic carbocycles. The van der Waals surface area contributed by atoms with E-state index in [1.54, 1.807) is 0 Å². The standard InChI is InChI=1S/C11H7Cl2F3N4O/c1-20-9(7-5(13)2-4(12)3-18-7)19-8(11(14,15)16)6(17)10(20)21/h2-3H,17H2,1H3. The van der Waals surface area contributed by atoms with Crippen molar-refractivity contribution in [1.29, 1.82) is 0 Å². The minimum Gasteiger partial charge on any atom is -0.392 e. The van der Waals surface area contributed by atoms with Gasteiger partial charge in [0, 0.05) is 13.2 Å². The normalized spacial score (nSPS) is 11.7. The Morgan fingerprint density at radius 1 is 1.33 bits per heavy atom. The zero-order valence-corrected chi connectivity index (χ0v) is 11.9. The van der Waals surface area contributed by atoms with Crippen LogP contribution in [0.4, 0.5) is 18.9 Å². The Morgan fingerprint density at radius 2 is 1.95 bits per heavy atom. The summed E-state index contributed by atoms with van der Waals surface area (Å²) >= 11 is 11.5. The van der Waals surface area contributed by atoms with Crippen molar-refractivity contribution >= 4 is 28.9 Å². The maximum atomic E-state index is 12.9. The number of pyridine rings is 1. The maximum absolute atomic E-state index is 12.9. The highest BCUT2D eigenvalue weighted by molar-refractivity contribution is 6.35. The molecule has 21 heavy (non-hydrogen) atoms. The lowest BCUT2D eigenvalue weighted by molar-refractivity contribution is -0.140. The molecule has 2 aromatic heterocycles. The zero-order chi connectivity index (χ0) is 15.9. The summed E-state index contributed by atoms with van der Waals surface area (Å²) < 4.78 is 39.4. The van der Waals surface area contributed by atoms with Crippen molar-refractivity contribution in [2.75, 3.05) is 5.73 Å². The van der Waals surface area contributed by atoms with Crippen molar-refractivity contribution in [3.8, 4) is 11.5 Å². The van der Waals surface area contributed by atoms with E-state index in [4.69, 9.17) is 28.9 Å². The number of anilines is 1. The van der Waals surface area contributed by atoms with Gasteiger partial charge in [-0.1, -0.05) is 23.2 Å². The first-order chi connectivity index (χ1) is 9.62. The van der Waals surface area contributed by atoms with E-state index in [-0.39, 0.29) is 21.6 Å². The summed E-state index contributed by atoms with van der Waals surface area (Å²) in [4.78, 5) is 19.0. The molecule has 0 spiro atoms. The van der Waals surface area contributed by atoms with Crippen LogP contribution in [-0.4, -0.2) is 14.5 Å². The van der Waals surface area contributed by atoms with Gasteiger partial charge >= 0.3 is 6.18 Å². The lowest BCUT2D eigenvalue weighted by atomic mass is 10.2. The fourth-order valence-corrected chi connectivity index (χ4v) is 2.09. The first-order valence-electron chi connectivity index (χ1n) is 5.38. The van der Waals surface area contributed by atoms with Crippen molar-refractivity contribution in [3.05, 3.63) is 38.4 Å². The van der Waals surface area contributed by atoms with Crippen molar-refractivity contribution in [3.63, 3.8) is 0 Å². The van der Waals surface area contributed by atoms with E-state index in [0.717, 1.165) is 4.57 Å². The molecule has 0 aliphatic heterocycles. The fraction of sp³-hybridized carbons (Fsp3) is 0.182. The number of aromatic nitrogens is 3. The van der Waals surface area contributed by atoms with Gasteiger partial charge in [-0.3, -0.25) is 9.36 Å². The predicted octanol–water partition coefficient (Wildman–Crippen LogP) is 2.75. The van der Waals surface area contributed by atoms with E-state index in [0.29, 0.717) is 0 Å². The van der Waals surface area contributed by atoms with Gasteiger partial charge in [0.15, 0.2) is 11.5 Å². The van der Waals surface area contributed by atoms with Gasteiger partial charge in [0.25, 0.3) is 5.56 Å². The monoisotopic (exact) mass is 338 g/mol. The summed E-state index contributed by atoms with van der Waals surface area (Å²) in [6.07, 6.45) is -3.69. The van der Waals surface area contributed by atoms with Crippen LogP contribution in [0.15, 0.2) is 17.1 Å². The van der Waals surface area contributed by atoms with Crippen molar-refractivity contribution in [2.45, 2.75) is 6.18 Å². The Labute approximate surface area is 126 Å². The van der Waals surface area contributed by atoms with Gasteiger partial charge in [0.1, 0.15) is 11.4 Å². The zero-order valence-electron chi connectivity index (χ0n) is 10.4. The Morgan fingerprint density at radius 3 is 2.48 bits per heavy atom. The topological polar surface area (TPSA) is 73.8 Å². The summed E-state index contributed by atoms with van der Waals surface area (Å²) in [5.74, 6) is -0.358. The maximum Gasteiger partial charge on any atom is 0.435 e. The van der Waals surface area contributed by atoms with E-state index in [9.17, 15) is 18.0 Å². The lowest BCUT2D eigenvalue weighted by Crippen LogP contribution is -2.28. The molecule has 0 aliphatic rings. The Balaban J connectivity index is 2.81. The molecule has 112 valence electrons. The first kappa shape index (κ1) is 15.6. The van der Waals surface area contributed by atoms with Gasteiger partial charge in [0.05, 0.1) is 10.0 Å².